The van der Waals surface area contributed by atoms with E-state index in [1.54, 1.807) is 0 Å². The molecule has 0 radical (unpaired) electrons. The number of aliphatic hydroxyl groups is 1. The average molecular weight is 555 g/mol. The van der Waals surface area contributed by atoms with Crippen molar-refractivity contribution in [1.29, 1.82) is 0 Å². The number of fused-ring (bicyclic) bond motifs is 6. The molecule has 1 N–H and O–H groups in total. The van der Waals surface area contributed by atoms with Crippen LogP contribution in [0.2, 0.25) is 0 Å². The van der Waals surface area contributed by atoms with Gasteiger partial charge >= 0.3 is 0 Å². The zero-order valence-electron chi connectivity index (χ0n) is 27.9. The summed E-state index contributed by atoms with van der Waals surface area (Å²) in [5.74, 6) is 1.38. The van der Waals surface area contributed by atoms with Crippen LogP contribution in [0.4, 0.5) is 0 Å². The smallest absolute Gasteiger partial charge is 0.154 e. The van der Waals surface area contributed by atoms with Gasteiger partial charge in [-0.2, -0.15) is 0 Å². The second kappa shape index (κ2) is 9.05. The van der Waals surface area contributed by atoms with Gasteiger partial charge in [0.2, 0.25) is 0 Å². The molecule has 5 aliphatic carbocycles. The third-order valence-electron chi connectivity index (χ3n) is 15.2. The Morgan fingerprint density at radius 1 is 0.775 bits per heavy atom. The fourth-order valence-corrected chi connectivity index (χ4v) is 12.3. The van der Waals surface area contributed by atoms with E-state index in [0.717, 1.165) is 32.0 Å². The predicted octanol–water partition coefficient (Wildman–Crippen LogP) is 7.51. The minimum absolute atomic E-state index is 0.0237. The highest BCUT2D eigenvalue weighted by molar-refractivity contribution is 5.41. The molecule has 4 saturated carbocycles. The van der Waals surface area contributed by atoms with Crippen LogP contribution in [0.5, 0.6) is 0 Å². The van der Waals surface area contributed by atoms with E-state index in [9.17, 15) is 5.11 Å². The summed E-state index contributed by atoms with van der Waals surface area (Å²) in [6.07, 6.45) is 13.7. The van der Waals surface area contributed by atoms with Gasteiger partial charge < -0.3 is 14.7 Å². The number of aliphatic hydroxyl groups excluding tert-OH is 1. The third-order valence-corrected chi connectivity index (χ3v) is 15.2. The zero-order chi connectivity index (χ0) is 29.1. The van der Waals surface area contributed by atoms with Crippen LogP contribution in [0.3, 0.4) is 0 Å². The molecular weight excluding hydrogens is 492 g/mol. The van der Waals surface area contributed by atoms with E-state index in [4.69, 9.17) is 4.74 Å². The lowest BCUT2D eigenvalue weighted by Gasteiger charge is -2.71. The minimum atomic E-state index is -0.147. The van der Waals surface area contributed by atoms with E-state index in [2.05, 4.69) is 79.4 Å². The minimum Gasteiger partial charge on any atom is -0.393 e. The molecule has 0 aromatic carbocycles. The van der Waals surface area contributed by atoms with Gasteiger partial charge in [0.15, 0.2) is 5.72 Å². The molecule has 4 heteroatoms. The molecule has 40 heavy (non-hydrogen) atoms. The summed E-state index contributed by atoms with van der Waals surface area (Å²) in [6.45, 7) is 21.0. The first kappa shape index (κ1) is 29.6. The molecule has 1 aliphatic heterocycles. The van der Waals surface area contributed by atoms with Crippen molar-refractivity contribution in [3.63, 3.8) is 0 Å². The Labute approximate surface area is 246 Å². The summed E-state index contributed by atoms with van der Waals surface area (Å²) < 4.78 is 6.67. The van der Waals surface area contributed by atoms with E-state index in [0.29, 0.717) is 22.2 Å². The average Bonchev–Trinajstić information content (AvgIpc) is 3.68. The van der Waals surface area contributed by atoms with Crippen molar-refractivity contribution < 1.29 is 9.84 Å². The molecule has 1 saturated heterocycles. The quantitative estimate of drug-likeness (QED) is 0.282. The maximum atomic E-state index is 11.1. The summed E-state index contributed by atoms with van der Waals surface area (Å²) in [6, 6.07) is 0. The van der Waals surface area contributed by atoms with Crippen LogP contribution in [-0.4, -0.2) is 67.6 Å². The van der Waals surface area contributed by atoms with E-state index in [1.807, 2.05) is 11.1 Å². The lowest BCUT2D eigenvalue weighted by molar-refractivity contribution is -0.206. The van der Waals surface area contributed by atoms with Crippen molar-refractivity contribution in [3.8, 4) is 0 Å². The Hall–Kier alpha value is -0.420. The third kappa shape index (κ3) is 3.76. The standard InChI is InChI=1S/C36H62N2O2/c1-30(2)17-19-35(36(24-40-36)38(10)22-21-37(8)9)20-18-33(6)25(26(35)23-30)11-12-28-32(5)15-14-29(39)31(3,4)27(32)13-16-34(28,33)7/h27-29,39H,11-24H2,1-10H3/t27-,28+,29-,32-,33+,34+,35-,36?/m0/s1. The van der Waals surface area contributed by atoms with Gasteiger partial charge in [-0.05, 0) is 131 Å². The van der Waals surface area contributed by atoms with Gasteiger partial charge in [0.1, 0.15) is 0 Å². The van der Waals surface area contributed by atoms with Crippen molar-refractivity contribution >= 4 is 0 Å². The largest absolute Gasteiger partial charge is 0.393 e. The first-order chi connectivity index (χ1) is 18.5. The topological polar surface area (TPSA) is 39.2 Å². The summed E-state index contributed by atoms with van der Waals surface area (Å²) in [4.78, 5) is 4.93. The van der Waals surface area contributed by atoms with Gasteiger partial charge in [-0.25, -0.2) is 0 Å². The summed E-state index contributed by atoms with van der Waals surface area (Å²) in [5.41, 5.74) is 5.13. The van der Waals surface area contributed by atoms with Crippen LogP contribution in [0, 0.1) is 44.3 Å². The highest BCUT2D eigenvalue weighted by Crippen LogP contribution is 2.77. The van der Waals surface area contributed by atoms with Crippen LogP contribution < -0.4 is 0 Å². The van der Waals surface area contributed by atoms with E-state index in [-0.39, 0.29) is 28.1 Å². The maximum absolute atomic E-state index is 11.1. The van der Waals surface area contributed by atoms with Gasteiger partial charge in [-0.1, -0.05) is 59.6 Å². The van der Waals surface area contributed by atoms with Crippen molar-refractivity contribution in [2.24, 2.45) is 44.3 Å². The molecule has 8 atom stereocenters. The second-order valence-electron chi connectivity index (χ2n) is 18.0. The fraction of sp³-hybridized carbons (Fsp3) is 0.944. The number of ether oxygens (including phenoxy) is 1. The van der Waals surface area contributed by atoms with Gasteiger partial charge in [0, 0.05) is 18.5 Å². The zero-order valence-corrected chi connectivity index (χ0v) is 27.9. The predicted molar refractivity (Wildman–Crippen MR) is 165 cm³/mol. The molecule has 0 aromatic heterocycles. The summed E-state index contributed by atoms with van der Waals surface area (Å²) in [5, 5.41) is 11.1. The first-order valence-corrected chi connectivity index (χ1v) is 16.9. The van der Waals surface area contributed by atoms with Gasteiger partial charge in [-0.3, -0.25) is 4.90 Å². The Morgan fingerprint density at radius 2 is 1.45 bits per heavy atom. The first-order valence-electron chi connectivity index (χ1n) is 16.9. The van der Waals surface area contributed by atoms with Crippen LogP contribution in [-0.2, 0) is 4.74 Å². The molecule has 1 unspecified atom stereocenters. The number of hydrogen-bond acceptors (Lipinski definition) is 4. The fourth-order valence-electron chi connectivity index (χ4n) is 12.3. The van der Waals surface area contributed by atoms with Crippen LogP contribution in [0.15, 0.2) is 11.1 Å². The normalized spacial score (nSPS) is 49.3. The molecule has 0 amide bonds. The molecule has 4 nitrogen and oxygen atoms in total. The van der Waals surface area contributed by atoms with E-state index < -0.39 is 0 Å². The van der Waals surface area contributed by atoms with Gasteiger partial charge in [0.25, 0.3) is 0 Å². The monoisotopic (exact) mass is 554 g/mol. The van der Waals surface area contributed by atoms with Crippen LogP contribution in [0.1, 0.15) is 119 Å². The molecule has 5 fully saturated rings. The lowest BCUT2D eigenvalue weighted by atomic mass is 9.34. The lowest BCUT2D eigenvalue weighted by Crippen LogP contribution is -2.65. The number of epoxide rings is 1. The number of allylic oxidation sites excluding steroid dienone is 1. The van der Waals surface area contributed by atoms with Crippen molar-refractivity contribution in [2.45, 2.75) is 131 Å². The Kier molecular flexibility index (Phi) is 6.71. The Balaban J connectivity index is 1.43. The number of likely N-dealkylation sites (N-methyl/N-ethyl adjacent to an activating group) is 2. The molecule has 0 bridgehead atoms. The van der Waals surface area contributed by atoms with Crippen molar-refractivity contribution in [1.82, 2.24) is 9.80 Å². The maximum Gasteiger partial charge on any atom is 0.154 e. The molecule has 6 rings (SSSR count). The highest BCUT2D eigenvalue weighted by Gasteiger charge is 2.72. The Bertz CT molecular complexity index is 1060. The second-order valence-corrected chi connectivity index (χ2v) is 18.0. The number of nitrogens with zero attached hydrogens (tertiary/aromatic N) is 2. The van der Waals surface area contributed by atoms with Crippen LogP contribution in [0.25, 0.3) is 0 Å². The highest BCUT2D eigenvalue weighted by atomic mass is 16.6. The molecule has 0 aromatic rings. The SMILES string of the molecule is CN(C)CCN(C)C1([C@]23CCC(C)(C)CC2=C2CC[C@@H]4[C@@]5(C)CC[C@H](O)C(C)(C)[C@@H]5CC[C@@]4(C)[C@]2(C)CC3)CO1. The van der Waals surface area contributed by atoms with Gasteiger partial charge in [-0.15, -0.1) is 0 Å². The van der Waals surface area contributed by atoms with Gasteiger partial charge in [0.05, 0.1) is 12.7 Å². The Morgan fingerprint density at radius 3 is 2.10 bits per heavy atom. The van der Waals surface area contributed by atoms with Crippen molar-refractivity contribution in [2.75, 3.05) is 40.8 Å². The number of rotatable bonds is 5. The molecule has 0 spiro atoms. The van der Waals surface area contributed by atoms with E-state index >= 15 is 0 Å². The molecular formula is C36H62N2O2. The summed E-state index contributed by atoms with van der Waals surface area (Å²) >= 11 is 0. The number of hydrogen-bond donors (Lipinski definition) is 1. The summed E-state index contributed by atoms with van der Waals surface area (Å²) in [7, 11) is 6.73. The molecule has 228 valence electrons. The molecule has 1 heterocycles. The molecule has 6 aliphatic rings. The van der Waals surface area contributed by atoms with Crippen LogP contribution >= 0.6 is 0 Å². The van der Waals surface area contributed by atoms with Crippen molar-refractivity contribution in [3.05, 3.63) is 11.1 Å². The van der Waals surface area contributed by atoms with E-state index in [1.165, 1.54) is 64.2 Å².